The maximum atomic E-state index is 13.3. The third-order valence-corrected chi connectivity index (χ3v) is 2.39. The van der Waals surface area contributed by atoms with Crippen molar-refractivity contribution in [2.45, 2.75) is 12.5 Å². The minimum atomic E-state index is -0.148. The van der Waals surface area contributed by atoms with Crippen LogP contribution in [0.1, 0.15) is 18.0 Å². The molecule has 0 spiro atoms. The molecule has 1 atom stereocenters. The molecule has 1 aliphatic heterocycles. The third-order valence-electron chi connectivity index (χ3n) is 2.39. The van der Waals surface area contributed by atoms with Crippen LogP contribution >= 0.6 is 0 Å². The number of hydrogen-bond donors (Lipinski definition) is 0. The zero-order chi connectivity index (χ0) is 9.26. The Balaban J connectivity index is 2.29. The second kappa shape index (κ2) is 3.44. The van der Waals surface area contributed by atoms with E-state index in [2.05, 4.69) is 0 Å². The van der Waals surface area contributed by atoms with E-state index in [0.717, 1.165) is 12.0 Å². The standard InChI is InChI=1S/C10H12FNO/c1-12-10(6-7-13-12)8-4-2-3-5-9(8)11/h2-5,10H,6-7H2,1H3. The molecule has 2 nitrogen and oxygen atoms in total. The molecule has 0 aromatic heterocycles. The minimum absolute atomic E-state index is 0.0706. The molecule has 0 saturated carbocycles. The van der Waals surface area contributed by atoms with E-state index in [1.807, 2.05) is 19.2 Å². The number of nitrogens with zero attached hydrogens (tertiary/aromatic N) is 1. The SMILES string of the molecule is CN1OCCC1c1ccccc1F. The van der Waals surface area contributed by atoms with Crippen molar-refractivity contribution >= 4 is 0 Å². The van der Waals surface area contributed by atoms with Gasteiger partial charge in [-0.2, -0.15) is 5.06 Å². The lowest BCUT2D eigenvalue weighted by molar-refractivity contribution is -0.111. The summed E-state index contributed by atoms with van der Waals surface area (Å²) in [4.78, 5) is 5.24. The largest absolute Gasteiger partial charge is 0.299 e. The first-order valence-corrected chi connectivity index (χ1v) is 4.39. The Hall–Kier alpha value is -0.930. The van der Waals surface area contributed by atoms with Crippen molar-refractivity contribution in [3.05, 3.63) is 35.6 Å². The minimum Gasteiger partial charge on any atom is -0.299 e. The first kappa shape index (κ1) is 8.66. The fourth-order valence-corrected chi connectivity index (χ4v) is 1.68. The highest BCUT2D eigenvalue weighted by atomic mass is 19.1. The molecule has 1 fully saturated rings. The maximum absolute atomic E-state index is 13.3. The van der Waals surface area contributed by atoms with E-state index in [1.54, 1.807) is 11.1 Å². The summed E-state index contributed by atoms with van der Waals surface area (Å²) in [5, 5.41) is 1.72. The van der Waals surface area contributed by atoms with Crippen molar-refractivity contribution in [1.29, 1.82) is 0 Å². The van der Waals surface area contributed by atoms with Crippen LogP contribution in [0.3, 0.4) is 0 Å². The summed E-state index contributed by atoms with van der Waals surface area (Å²) in [6, 6.07) is 6.92. The summed E-state index contributed by atoms with van der Waals surface area (Å²) >= 11 is 0. The second-order valence-corrected chi connectivity index (χ2v) is 3.21. The van der Waals surface area contributed by atoms with Gasteiger partial charge in [-0.25, -0.2) is 4.39 Å². The molecule has 0 radical (unpaired) electrons. The lowest BCUT2D eigenvalue weighted by atomic mass is 10.0. The average Bonchev–Trinajstić information content (AvgIpc) is 2.52. The van der Waals surface area contributed by atoms with Gasteiger partial charge in [0.05, 0.1) is 12.6 Å². The molecule has 1 aromatic carbocycles. The van der Waals surface area contributed by atoms with E-state index in [9.17, 15) is 4.39 Å². The predicted octanol–water partition coefficient (Wildman–Crippen LogP) is 2.13. The van der Waals surface area contributed by atoms with Crippen molar-refractivity contribution in [1.82, 2.24) is 5.06 Å². The van der Waals surface area contributed by atoms with Crippen molar-refractivity contribution in [3.63, 3.8) is 0 Å². The lowest BCUT2D eigenvalue weighted by Crippen LogP contribution is -2.17. The highest BCUT2D eigenvalue weighted by Crippen LogP contribution is 2.29. The van der Waals surface area contributed by atoms with Gasteiger partial charge in [0.15, 0.2) is 0 Å². The van der Waals surface area contributed by atoms with Crippen LogP contribution in [-0.2, 0) is 4.84 Å². The van der Waals surface area contributed by atoms with Gasteiger partial charge in [-0.1, -0.05) is 18.2 Å². The maximum Gasteiger partial charge on any atom is 0.128 e. The number of benzene rings is 1. The summed E-state index contributed by atoms with van der Waals surface area (Å²) in [6.45, 7) is 0.676. The summed E-state index contributed by atoms with van der Waals surface area (Å²) < 4.78 is 13.3. The molecule has 1 unspecified atom stereocenters. The monoisotopic (exact) mass is 181 g/mol. The number of rotatable bonds is 1. The van der Waals surface area contributed by atoms with Crippen molar-refractivity contribution in [3.8, 4) is 0 Å². The topological polar surface area (TPSA) is 12.5 Å². The van der Waals surface area contributed by atoms with Gasteiger partial charge < -0.3 is 0 Å². The molecular weight excluding hydrogens is 169 g/mol. The van der Waals surface area contributed by atoms with Gasteiger partial charge in [-0.15, -0.1) is 0 Å². The van der Waals surface area contributed by atoms with E-state index < -0.39 is 0 Å². The summed E-state index contributed by atoms with van der Waals surface area (Å²) in [7, 11) is 1.84. The lowest BCUT2D eigenvalue weighted by Gasteiger charge is -2.17. The van der Waals surface area contributed by atoms with Gasteiger partial charge >= 0.3 is 0 Å². The summed E-state index contributed by atoms with van der Waals surface area (Å²) in [5.74, 6) is -0.148. The Kier molecular flexibility index (Phi) is 2.29. The third kappa shape index (κ3) is 1.57. The molecule has 0 aliphatic carbocycles. The van der Waals surface area contributed by atoms with Crippen LogP contribution in [0.25, 0.3) is 0 Å². The Labute approximate surface area is 76.9 Å². The summed E-state index contributed by atoms with van der Waals surface area (Å²) in [5.41, 5.74) is 0.725. The van der Waals surface area contributed by atoms with Gasteiger partial charge in [0.25, 0.3) is 0 Å². The molecule has 2 rings (SSSR count). The van der Waals surface area contributed by atoms with E-state index in [0.29, 0.717) is 6.61 Å². The van der Waals surface area contributed by atoms with Gasteiger partial charge in [0, 0.05) is 12.6 Å². The second-order valence-electron chi connectivity index (χ2n) is 3.21. The molecule has 1 saturated heterocycles. The van der Waals surface area contributed by atoms with E-state index in [-0.39, 0.29) is 11.9 Å². The van der Waals surface area contributed by atoms with Crippen molar-refractivity contribution < 1.29 is 9.23 Å². The highest BCUT2D eigenvalue weighted by Gasteiger charge is 2.25. The number of hydroxylamine groups is 2. The average molecular weight is 181 g/mol. The number of hydrogen-bond acceptors (Lipinski definition) is 2. The van der Waals surface area contributed by atoms with Crippen molar-refractivity contribution in [2.75, 3.05) is 13.7 Å². The molecule has 1 aliphatic rings. The fraction of sp³-hybridized carbons (Fsp3) is 0.400. The zero-order valence-electron chi connectivity index (χ0n) is 7.53. The van der Waals surface area contributed by atoms with Crippen LogP contribution in [-0.4, -0.2) is 18.7 Å². The Morgan fingerprint density at radius 1 is 1.46 bits per heavy atom. The summed E-state index contributed by atoms with van der Waals surface area (Å²) in [6.07, 6.45) is 0.859. The first-order chi connectivity index (χ1) is 6.29. The van der Waals surface area contributed by atoms with Gasteiger partial charge in [-0.05, 0) is 12.5 Å². The van der Waals surface area contributed by atoms with Crippen LogP contribution in [0.15, 0.2) is 24.3 Å². The van der Waals surface area contributed by atoms with Crippen LogP contribution in [0.2, 0.25) is 0 Å². The molecule has 70 valence electrons. The normalized spacial score (nSPS) is 23.7. The van der Waals surface area contributed by atoms with Gasteiger partial charge in [-0.3, -0.25) is 4.84 Å². The van der Waals surface area contributed by atoms with E-state index >= 15 is 0 Å². The Morgan fingerprint density at radius 3 is 2.85 bits per heavy atom. The molecule has 3 heteroatoms. The van der Waals surface area contributed by atoms with Gasteiger partial charge in [0.1, 0.15) is 5.82 Å². The van der Waals surface area contributed by atoms with Crippen LogP contribution in [0.4, 0.5) is 4.39 Å². The molecular formula is C10H12FNO. The fourth-order valence-electron chi connectivity index (χ4n) is 1.68. The molecule has 1 heterocycles. The molecule has 0 bridgehead atoms. The first-order valence-electron chi connectivity index (χ1n) is 4.39. The molecule has 0 N–H and O–H groups in total. The van der Waals surface area contributed by atoms with Crippen LogP contribution < -0.4 is 0 Å². The molecule has 13 heavy (non-hydrogen) atoms. The smallest absolute Gasteiger partial charge is 0.128 e. The van der Waals surface area contributed by atoms with E-state index in [1.165, 1.54) is 6.07 Å². The van der Waals surface area contributed by atoms with Crippen LogP contribution in [0, 0.1) is 5.82 Å². The highest BCUT2D eigenvalue weighted by molar-refractivity contribution is 5.21. The van der Waals surface area contributed by atoms with Crippen molar-refractivity contribution in [2.24, 2.45) is 0 Å². The Morgan fingerprint density at radius 2 is 2.23 bits per heavy atom. The number of halogens is 1. The predicted molar refractivity (Wildman–Crippen MR) is 47.5 cm³/mol. The van der Waals surface area contributed by atoms with E-state index in [4.69, 9.17) is 4.84 Å². The quantitative estimate of drug-likeness (QED) is 0.658. The molecule has 1 aromatic rings. The Bertz CT molecular complexity index is 303. The molecule has 0 amide bonds. The van der Waals surface area contributed by atoms with Gasteiger partial charge in [0.2, 0.25) is 0 Å². The zero-order valence-corrected chi connectivity index (χ0v) is 7.53. The van der Waals surface area contributed by atoms with Crippen LogP contribution in [0.5, 0.6) is 0 Å².